The SMILES string of the molecule is Cl.Nc1n[nH]c(S(=O)(=O)Nc2c(F)cccc2F)n1. The minimum absolute atomic E-state index is 0. The average molecular weight is 312 g/mol. The van der Waals surface area contributed by atoms with Crippen LogP contribution in [0.15, 0.2) is 23.4 Å². The van der Waals surface area contributed by atoms with Crippen molar-refractivity contribution >= 4 is 34.1 Å². The van der Waals surface area contributed by atoms with Gasteiger partial charge in [0.25, 0.3) is 15.2 Å². The Hall–Kier alpha value is -1.94. The molecule has 1 aromatic carbocycles. The molecule has 0 radical (unpaired) electrons. The highest BCUT2D eigenvalue weighted by atomic mass is 35.5. The quantitative estimate of drug-likeness (QED) is 0.779. The van der Waals surface area contributed by atoms with E-state index < -0.39 is 32.5 Å². The smallest absolute Gasteiger partial charge is 0.297 e. The van der Waals surface area contributed by atoms with E-state index in [9.17, 15) is 17.2 Å². The molecule has 0 atom stereocenters. The number of aromatic amines is 1. The summed E-state index contributed by atoms with van der Waals surface area (Å²) in [4.78, 5) is 3.35. The van der Waals surface area contributed by atoms with E-state index in [2.05, 4.69) is 10.1 Å². The van der Waals surface area contributed by atoms with Gasteiger partial charge in [-0.05, 0) is 12.1 Å². The fourth-order valence-corrected chi connectivity index (χ4v) is 2.10. The summed E-state index contributed by atoms with van der Waals surface area (Å²) in [7, 11) is -4.28. The molecule has 1 heterocycles. The van der Waals surface area contributed by atoms with Crippen molar-refractivity contribution in [3.05, 3.63) is 29.8 Å². The third-order valence-corrected chi connectivity index (χ3v) is 3.10. The van der Waals surface area contributed by atoms with Crippen molar-refractivity contribution in [2.24, 2.45) is 0 Å². The zero-order chi connectivity index (χ0) is 13.3. The van der Waals surface area contributed by atoms with Gasteiger partial charge in [-0.1, -0.05) is 6.07 Å². The van der Waals surface area contributed by atoms with Gasteiger partial charge in [-0.2, -0.15) is 13.4 Å². The maximum Gasteiger partial charge on any atom is 0.297 e. The molecule has 2 aromatic rings. The molecule has 0 spiro atoms. The number of nitrogens with zero attached hydrogens (tertiary/aromatic N) is 2. The molecule has 0 bridgehead atoms. The summed E-state index contributed by atoms with van der Waals surface area (Å²) in [5.41, 5.74) is 4.34. The summed E-state index contributed by atoms with van der Waals surface area (Å²) in [6, 6.07) is 2.93. The van der Waals surface area contributed by atoms with Crippen molar-refractivity contribution in [3.63, 3.8) is 0 Å². The summed E-state index contributed by atoms with van der Waals surface area (Å²) < 4.78 is 51.6. The predicted molar refractivity (Wildman–Crippen MR) is 65.2 cm³/mol. The molecule has 104 valence electrons. The van der Waals surface area contributed by atoms with E-state index in [1.54, 1.807) is 4.72 Å². The van der Waals surface area contributed by atoms with Crippen LogP contribution < -0.4 is 10.5 Å². The number of para-hydroxylation sites is 1. The van der Waals surface area contributed by atoms with E-state index in [1.807, 2.05) is 5.10 Å². The van der Waals surface area contributed by atoms with Crippen LogP contribution in [0.5, 0.6) is 0 Å². The van der Waals surface area contributed by atoms with E-state index in [-0.39, 0.29) is 18.4 Å². The molecular weight excluding hydrogens is 304 g/mol. The fraction of sp³-hybridized carbons (Fsp3) is 0. The Morgan fingerprint density at radius 3 is 2.32 bits per heavy atom. The van der Waals surface area contributed by atoms with Gasteiger partial charge in [0.15, 0.2) is 0 Å². The monoisotopic (exact) mass is 311 g/mol. The molecule has 0 saturated carbocycles. The summed E-state index contributed by atoms with van der Waals surface area (Å²) in [6.07, 6.45) is 0. The summed E-state index contributed by atoms with van der Waals surface area (Å²) >= 11 is 0. The molecule has 0 amide bonds. The molecule has 0 aliphatic heterocycles. The topological polar surface area (TPSA) is 114 Å². The van der Waals surface area contributed by atoms with Crippen molar-refractivity contribution in [1.29, 1.82) is 0 Å². The highest BCUT2D eigenvalue weighted by Crippen LogP contribution is 2.20. The number of nitrogens with two attached hydrogens (primary N) is 1. The molecule has 0 aliphatic rings. The standard InChI is InChI=1S/C8H7F2N5O2S.ClH/c9-4-2-1-3-5(10)6(4)15-18(16,17)8-12-7(11)13-14-8;/h1-3,15H,(H3,11,12,13,14);1H. The number of hydrogen-bond donors (Lipinski definition) is 3. The third-order valence-electron chi connectivity index (χ3n) is 1.94. The van der Waals surface area contributed by atoms with Crippen LogP contribution in [0.2, 0.25) is 0 Å². The second kappa shape index (κ2) is 5.36. The Morgan fingerprint density at radius 1 is 1.26 bits per heavy atom. The van der Waals surface area contributed by atoms with Crippen LogP contribution in [0.1, 0.15) is 0 Å². The van der Waals surface area contributed by atoms with Crippen molar-refractivity contribution in [1.82, 2.24) is 15.2 Å². The number of aromatic nitrogens is 3. The lowest BCUT2D eigenvalue weighted by molar-refractivity contribution is 0.579. The van der Waals surface area contributed by atoms with Crippen LogP contribution in [0.25, 0.3) is 0 Å². The summed E-state index contributed by atoms with van der Waals surface area (Å²) in [5.74, 6) is -2.40. The number of nitrogens with one attached hydrogen (secondary N) is 2. The van der Waals surface area contributed by atoms with Gasteiger partial charge in [0.05, 0.1) is 0 Å². The number of hydrogen-bond acceptors (Lipinski definition) is 5. The predicted octanol–water partition coefficient (Wildman–Crippen LogP) is 0.888. The van der Waals surface area contributed by atoms with Crippen LogP contribution in [0, 0.1) is 11.6 Å². The van der Waals surface area contributed by atoms with Gasteiger partial charge in [0.1, 0.15) is 17.3 Å². The first kappa shape index (κ1) is 15.1. The Bertz CT molecular complexity index is 670. The number of H-pyrrole nitrogens is 1. The highest BCUT2D eigenvalue weighted by molar-refractivity contribution is 7.92. The summed E-state index contributed by atoms with van der Waals surface area (Å²) in [5, 5.41) is 4.69. The number of nitrogen functional groups attached to an aromatic ring is 1. The van der Waals surface area contributed by atoms with Gasteiger partial charge in [0, 0.05) is 0 Å². The summed E-state index contributed by atoms with van der Waals surface area (Å²) in [6.45, 7) is 0. The van der Waals surface area contributed by atoms with Crippen LogP contribution in [-0.4, -0.2) is 23.6 Å². The zero-order valence-electron chi connectivity index (χ0n) is 9.09. The average Bonchev–Trinajstić information content (AvgIpc) is 2.71. The second-order valence-corrected chi connectivity index (χ2v) is 4.80. The van der Waals surface area contributed by atoms with E-state index >= 15 is 0 Å². The Kier molecular flexibility index (Phi) is 4.27. The minimum atomic E-state index is -4.28. The number of sulfonamides is 1. The van der Waals surface area contributed by atoms with E-state index in [0.717, 1.165) is 18.2 Å². The maximum atomic E-state index is 13.3. The Balaban J connectivity index is 0.00000180. The first-order valence-corrected chi connectivity index (χ1v) is 6.03. The largest absolute Gasteiger partial charge is 0.366 e. The van der Waals surface area contributed by atoms with Gasteiger partial charge in [-0.25, -0.2) is 13.9 Å². The van der Waals surface area contributed by atoms with Gasteiger partial charge in [-0.15, -0.1) is 17.5 Å². The van der Waals surface area contributed by atoms with Crippen molar-refractivity contribution in [2.75, 3.05) is 10.5 Å². The van der Waals surface area contributed by atoms with Crippen LogP contribution in [0.4, 0.5) is 20.4 Å². The number of rotatable bonds is 3. The normalized spacial score (nSPS) is 10.8. The van der Waals surface area contributed by atoms with E-state index in [0.29, 0.717) is 0 Å². The second-order valence-electron chi connectivity index (χ2n) is 3.20. The van der Waals surface area contributed by atoms with Crippen LogP contribution >= 0.6 is 12.4 Å². The first-order chi connectivity index (χ1) is 8.40. The molecule has 0 aliphatic carbocycles. The fourth-order valence-electron chi connectivity index (χ4n) is 1.16. The van der Waals surface area contributed by atoms with Crippen molar-refractivity contribution in [2.45, 2.75) is 5.16 Å². The number of anilines is 2. The van der Waals surface area contributed by atoms with Gasteiger partial charge >= 0.3 is 0 Å². The molecule has 19 heavy (non-hydrogen) atoms. The van der Waals surface area contributed by atoms with Crippen LogP contribution in [-0.2, 0) is 10.0 Å². The Labute approximate surface area is 112 Å². The van der Waals surface area contributed by atoms with E-state index in [4.69, 9.17) is 5.73 Å². The maximum absolute atomic E-state index is 13.3. The van der Waals surface area contributed by atoms with Crippen molar-refractivity contribution < 1.29 is 17.2 Å². The van der Waals surface area contributed by atoms with Gasteiger partial charge < -0.3 is 5.73 Å². The molecule has 0 saturated heterocycles. The zero-order valence-corrected chi connectivity index (χ0v) is 10.7. The Morgan fingerprint density at radius 2 is 1.84 bits per heavy atom. The lowest BCUT2D eigenvalue weighted by Crippen LogP contribution is -2.16. The lowest BCUT2D eigenvalue weighted by Gasteiger charge is -2.06. The number of halogens is 3. The number of benzene rings is 1. The minimum Gasteiger partial charge on any atom is -0.366 e. The molecule has 0 fully saturated rings. The third kappa shape index (κ3) is 3.09. The van der Waals surface area contributed by atoms with Crippen molar-refractivity contribution in [3.8, 4) is 0 Å². The molecule has 11 heteroatoms. The lowest BCUT2D eigenvalue weighted by atomic mass is 10.3. The van der Waals surface area contributed by atoms with Crippen LogP contribution in [0.3, 0.4) is 0 Å². The molecule has 7 nitrogen and oxygen atoms in total. The van der Waals surface area contributed by atoms with Gasteiger partial charge in [-0.3, -0.25) is 4.72 Å². The first-order valence-electron chi connectivity index (χ1n) is 4.55. The molecule has 2 rings (SSSR count). The van der Waals surface area contributed by atoms with Gasteiger partial charge in [0.2, 0.25) is 5.95 Å². The molecule has 1 aromatic heterocycles. The molecule has 4 N–H and O–H groups in total. The highest BCUT2D eigenvalue weighted by Gasteiger charge is 2.22. The molecular formula is C8H8ClF2N5O2S. The molecule has 0 unspecified atom stereocenters. The van der Waals surface area contributed by atoms with E-state index in [1.165, 1.54) is 0 Å².